The molecule has 7 unspecified atom stereocenters. The second kappa shape index (κ2) is 10.8. The number of hydrogen-bond acceptors (Lipinski definition) is 15. The van der Waals surface area contributed by atoms with E-state index < -0.39 is 83.6 Å². The van der Waals surface area contributed by atoms with E-state index in [1.807, 2.05) is 0 Å². The Morgan fingerprint density at radius 1 is 0.867 bits per heavy atom. The van der Waals surface area contributed by atoms with Crippen molar-refractivity contribution in [1.82, 2.24) is 34.1 Å². The van der Waals surface area contributed by atoms with Gasteiger partial charge in [-0.1, -0.05) is 0 Å². The van der Waals surface area contributed by atoms with Crippen LogP contribution in [0.5, 0.6) is 0 Å². The Morgan fingerprint density at radius 3 is 1.98 bits per heavy atom. The summed E-state index contributed by atoms with van der Waals surface area (Å²) >= 11 is 0. The molecule has 0 saturated carbocycles. The summed E-state index contributed by atoms with van der Waals surface area (Å²) in [7, 11) is -10.3. The Labute approximate surface area is 248 Å². The van der Waals surface area contributed by atoms with Crippen LogP contribution in [0.3, 0.4) is 0 Å². The molecule has 3 saturated heterocycles. The Kier molecular flexibility index (Phi) is 7.28. The molecule has 3 aliphatic heterocycles. The largest absolute Gasteiger partial charge is 0.472 e. The van der Waals surface area contributed by atoms with Crippen LogP contribution in [0.25, 0.3) is 22.3 Å². The lowest BCUT2D eigenvalue weighted by Gasteiger charge is -2.27. The maximum Gasteiger partial charge on any atom is 0.472 e. The number of phosphoric acid groups is 2. The molecule has 242 valence electrons. The van der Waals surface area contributed by atoms with Gasteiger partial charge in [0.25, 0.3) is 5.56 Å². The Balaban J connectivity index is 1.17. The first-order valence-electron chi connectivity index (χ1n) is 13.0. The van der Waals surface area contributed by atoms with E-state index in [1.54, 1.807) is 0 Å². The molecular weight excluding hydrogens is 654 g/mol. The molecule has 24 heteroatoms. The number of phosphoric ester groups is 2. The minimum atomic E-state index is -5.17. The third-order valence-electron chi connectivity index (χ3n) is 7.34. The lowest BCUT2D eigenvalue weighted by Crippen LogP contribution is -2.37. The number of H-pyrrole nitrogens is 1. The third-order valence-corrected chi connectivity index (χ3v) is 9.31. The number of hydrogen-bond donors (Lipinski definition) is 5. The van der Waals surface area contributed by atoms with Gasteiger partial charge >= 0.3 is 15.6 Å². The summed E-state index contributed by atoms with van der Waals surface area (Å²) in [6.07, 6.45) is -11.3. The zero-order valence-corrected chi connectivity index (χ0v) is 24.2. The van der Waals surface area contributed by atoms with E-state index in [1.165, 1.54) is 18.6 Å². The van der Waals surface area contributed by atoms with E-state index in [-0.39, 0.29) is 34.0 Å². The highest BCUT2D eigenvalue weighted by molar-refractivity contribution is 7.47. The maximum absolute atomic E-state index is 15.9. The van der Waals surface area contributed by atoms with Crippen molar-refractivity contribution in [2.45, 2.75) is 49.2 Å². The number of anilines is 2. The van der Waals surface area contributed by atoms with Gasteiger partial charge in [0.05, 0.1) is 31.6 Å². The molecule has 0 amide bonds. The van der Waals surface area contributed by atoms with Crippen LogP contribution in [0, 0.1) is 0 Å². The number of imidazole rings is 2. The van der Waals surface area contributed by atoms with Crippen molar-refractivity contribution in [3.63, 3.8) is 0 Å². The molecule has 4 aromatic rings. The van der Waals surface area contributed by atoms with Gasteiger partial charge in [-0.15, -0.1) is 0 Å². The van der Waals surface area contributed by atoms with Crippen molar-refractivity contribution in [3.8, 4) is 0 Å². The van der Waals surface area contributed by atoms with Gasteiger partial charge in [-0.3, -0.25) is 37.0 Å². The molecule has 0 aliphatic carbocycles. The minimum absolute atomic E-state index is 0.113. The summed E-state index contributed by atoms with van der Waals surface area (Å²) < 4.78 is 91.4. The van der Waals surface area contributed by atoms with Gasteiger partial charge in [0.15, 0.2) is 41.6 Å². The molecular formula is C21H23F2N9O11P2. The van der Waals surface area contributed by atoms with Gasteiger partial charge < -0.3 is 30.7 Å². The smallest absolute Gasteiger partial charge is 0.397 e. The number of nitrogens with two attached hydrogens (primary N) is 2. The summed E-state index contributed by atoms with van der Waals surface area (Å²) in [6, 6.07) is 1.47. The molecule has 3 fully saturated rings. The van der Waals surface area contributed by atoms with E-state index in [0.29, 0.717) is 0 Å². The number of nitrogen functional groups attached to an aromatic ring is 2. The molecule has 10 atom stereocenters. The van der Waals surface area contributed by atoms with Gasteiger partial charge in [-0.2, -0.15) is 4.98 Å². The summed E-state index contributed by atoms with van der Waals surface area (Å²) in [5, 5.41) is 0. The number of nitrogens with zero attached hydrogens (tertiary/aromatic N) is 6. The second-order valence-electron chi connectivity index (χ2n) is 10.2. The summed E-state index contributed by atoms with van der Waals surface area (Å²) in [4.78, 5) is 51.4. The predicted octanol–water partition coefficient (Wildman–Crippen LogP) is 0.218. The highest BCUT2D eigenvalue weighted by Crippen LogP contribution is 2.54. The van der Waals surface area contributed by atoms with Gasteiger partial charge in [0.2, 0.25) is 5.95 Å². The molecule has 0 spiro atoms. The fourth-order valence-electron chi connectivity index (χ4n) is 5.33. The van der Waals surface area contributed by atoms with Gasteiger partial charge in [-0.05, 0) is 6.07 Å². The average molecular weight is 677 g/mol. The molecule has 0 radical (unpaired) electrons. The molecule has 4 aromatic heterocycles. The number of ether oxygens (including phenoxy) is 2. The van der Waals surface area contributed by atoms with Crippen molar-refractivity contribution in [1.29, 1.82) is 0 Å². The number of aromatic amines is 1. The van der Waals surface area contributed by atoms with Gasteiger partial charge in [0, 0.05) is 6.20 Å². The summed E-state index contributed by atoms with van der Waals surface area (Å²) in [5.41, 5.74) is 10.9. The lowest BCUT2D eigenvalue weighted by molar-refractivity contribution is -0.0662. The van der Waals surface area contributed by atoms with Gasteiger partial charge in [-0.25, -0.2) is 32.9 Å². The fraction of sp³-hybridized carbons (Fsp3) is 0.476. The van der Waals surface area contributed by atoms with Crippen LogP contribution in [0.4, 0.5) is 20.4 Å². The average Bonchev–Trinajstić information content (AvgIpc) is 3.72. The maximum atomic E-state index is 15.9. The first kappa shape index (κ1) is 30.2. The van der Waals surface area contributed by atoms with Crippen LogP contribution >= 0.6 is 15.6 Å². The van der Waals surface area contributed by atoms with Crippen molar-refractivity contribution in [2.75, 3.05) is 24.7 Å². The molecule has 20 nitrogen and oxygen atoms in total. The van der Waals surface area contributed by atoms with Crippen molar-refractivity contribution in [3.05, 3.63) is 35.3 Å². The van der Waals surface area contributed by atoms with Crippen LogP contribution in [0.15, 0.2) is 29.7 Å². The van der Waals surface area contributed by atoms with Crippen molar-refractivity contribution >= 4 is 49.6 Å². The lowest BCUT2D eigenvalue weighted by atomic mass is 10.1. The van der Waals surface area contributed by atoms with Crippen molar-refractivity contribution in [2.24, 2.45) is 0 Å². The number of alkyl halides is 2. The first-order valence-corrected chi connectivity index (χ1v) is 16.0. The Bertz CT molecular complexity index is 1940. The van der Waals surface area contributed by atoms with E-state index in [9.17, 15) is 23.7 Å². The molecule has 45 heavy (non-hydrogen) atoms. The quantitative estimate of drug-likeness (QED) is 0.177. The fourth-order valence-corrected chi connectivity index (χ4v) is 7.24. The number of pyridine rings is 1. The number of aromatic nitrogens is 7. The predicted molar refractivity (Wildman–Crippen MR) is 143 cm³/mol. The zero-order valence-electron chi connectivity index (χ0n) is 22.4. The highest BCUT2D eigenvalue weighted by atomic mass is 31.2. The van der Waals surface area contributed by atoms with E-state index in [2.05, 4.69) is 24.9 Å². The summed E-state index contributed by atoms with van der Waals surface area (Å²) in [5.74, 6) is -0.317. The monoisotopic (exact) mass is 677 g/mol. The van der Waals surface area contributed by atoms with Crippen LogP contribution < -0.4 is 17.0 Å². The van der Waals surface area contributed by atoms with Crippen LogP contribution in [-0.2, 0) is 36.7 Å². The van der Waals surface area contributed by atoms with E-state index in [0.717, 1.165) is 15.5 Å². The normalized spacial score (nSPS) is 37.7. The van der Waals surface area contributed by atoms with Gasteiger partial charge in [0.1, 0.15) is 29.9 Å². The highest BCUT2D eigenvalue weighted by Gasteiger charge is 2.55. The van der Waals surface area contributed by atoms with Crippen LogP contribution in [0.2, 0.25) is 0 Å². The summed E-state index contributed by atoms with van der Waals surface area (Å²) in [6.45, 7) is -1.87. The molecule has 0 aromatic carbocycles. The van der Waals surface area contributed by atoms with Crippen LogP contribution in [0.1, 0.15) is 12.5 Å². The molecule has 7 N–H and O–H groups in total. The first-order chi connectivity index (χ1) is 21.3. The Hall–Kier alpha value is -3.43. The molecule has 7 rings (SSSR count). The number of fused-ring (bicyclic) bond motifs is 4. The number of halogens is 2. The zero-order chi connectivity index (χ0) is 31.8. The number of nitrogens with one attached hydrogen (secondary N) is 1. The molecule has 7 heterocycles. The number of rotatable bonds is 2. The van der Waals surface area contributed by atoms with E-state index >= 15 is 8.78 Å². The second-order valence-corrected chi connectivity index (χ2v) is 13.0. The third kappa shape index (κ3) is 5.31. The molecule has 3 aliphatic rings. The molecule has 0 bridgehead atoms. The van der Waals surface area contributed by atoms with Crippen molar-refractivity contribution < 1.29 is 55.3 Å². The SMILES string of the molecule is Nc1nc2c(ncn2C2OC3COP(=O)(O)O[C@@H]4C(COP(=O)(O)OC3[C@H]2F)OC(n2cnc3c(N)ccnc32)[C@@H]4F)c(=O)[nH]1. The topological polar surface area (TPSA) is 276 Å². The minimum Gasteiger partial charge on any atom is -0.397 e. The van der Waals surface area contributed by atoms with Crippen LogP contribution in [-0.4, -0.2) is 93.8 Å². The van der Waals surface area contributed by atoms with E-state index in [4.69, 9.17) is 39.0 Å². The Morgan fingerprint density at radius 2 is 1.40 bits per heavy atom. The standard InChI is InChI=1S/C21H23F2N9O11P2/c22-10-14-8(40-19(10)31-5-27-12-7(24)1-2-26-16(12)31)3-38-45(36,37)43-15-9(4-39-44(34,35)42-14)41-20(11(15)23)32-6-28-13-17(32)29-21(25)30-18(13)33/h1-2,5-6,8-11,14-15,19-20H,3-4H2,(H2,24,26)(H,34,35)(H,36,37)(H3,25,29,30,33)/t8?,9?,10-,11-,14-,15?,19?,20?/m1/s1.